The molecule has 2 unspecified atom stereocenters. The molecule has 90 valence electrons. The van der Waals surface area contributed by atoms with E-state index < -0.39 is 11.6 Å². The van der Waals surface area contributed by atoms with Crippen molar-refractivity contribution in [2.24, 2.45) is 0 Å². The summed E-state index contributed by atoms with van der Waals surface area (Å²) in [7, 11) is 1.86. The van der Waals surface area contributed by atoms with Gasteiger partial charge >= 0.3 is 0 Å². The molecule has 0 aliphatic rings. The van der Waals surface area contributed by atoms with Crippen LogP contribution in [0.3, 0.4) is 0 Å². The molecule has 1 aromatic rings. The first-order valence-corrected chi connectivity index (χ1v) is 5.59. The van der Waals surface area contributed by atoms with Crippen molar-refractivity contribution in [3.05, 3.63) is 34.9 Å². The summed E-state index contributed by atoms with van der Waals surface area (Å²) in [5.41, 5.74) is 0.820. The van der Waals surface area contributed by atoms with Crippen molar-refractivity contribution in [2.45, 2.75) is 39.2 Å². The van der Waals surface area contributed by atoms with E-state index in [9.17, 15) is 8.78 Å². The first-order valence-electron chi connectivity index (χ1n) is 5.59. The van der Waals surface area contributed by atoms with Crippen LogP contribution >= 0.6 is 0 Å². The number of aryl methyl sites for hydroxylation is 1. The molecule has 0 saturated carbocycles. The average Bonchev–Trinajstić information content (AvgIpc) is 2.25. The third kappa shape index (κ3) is 2.79. The van der Waals surface area contributed by atoms with E-state index in [0.717, 1.165) is 6.42 Å². The van der Waals surface area contributed by atoms with E-state index in [0.29, 0.717) is 17.2 Å². The van der Waals surface area contributed by atoms with Gasteiger partial charge in [0.05, 0.1) is 0 Å². The number of rotatable bonds is 4. The number of hydrogen-bond donors (Lipinski definition) is 1. The molecule has 16 heavy (non-hydrogen) atoms. The predicted octanol–water partition coefficient (Wildman–Crippen LogP) is 3.37. The van der Waals surface area contributed by atoms with Crippen molar-refractivity contribution in [1.29, 1.82) is 0 Å². The lowest BCUT2D eigenvalue weighted by Gasteiger charge is -2.18. The Morgan fingerprint density at radius 3 is 2.38 bits per heavy atom. The van der Waals surface area contributed by atoms with Crippen molar-refractivity contribution in [3.8, 4) is 0 Å². The second-order valence-electron chi connectivity index (χ2n) is 4.43. The van der Waals surface area contributed by atoms with Gasteiger partial charge in [-0.25, -0.2) is 8.78 Å². The van der Waals surface area contributed by atoms with Gasteiger partial charge in [0.1, 0.15) is 0 Å². The largest absolute Gasteiger partial charge is 0.317 e. The minimum absolute atomic E-state index is 0.0116. The highest BCUT2D eigenvalue weighted by atomic mass is 19.2. The fourth-order valence-electron chi connectivity index (χ4n) is 1.82. The molecule has 2 atom stereocenters. The van der Waals surface area contributed by atoms with Crippen LogP contribution in [-0.4, -0.2) is 13.1 Å². The molecular weight excluding hydrogens is 208 g/mol. The van der Waals surface area contributed by atoms with E-state index >= 15 is 0 Å². The Hall–Kier alpha value is -0.960. The smallest absolute Gasteiger partial charge is 0.162 e. The Morgan fingerprint density at radius 2 is 1.81 bits per heavy atom. The Morgan fingerprint density at radius 1 is 1.19 bits per heavy atom. The van der Waals surface area contributed by atoms with Gasteiger partial charge in [-0.2, -0.15) is 0 Å². The number of hydrogen-bond acceptors (Lipinski definition) is 1. The summed E-state index contributed by atoms with van der Waals surface area (Å²) in [6, 6.07) is 3.61. The molecule has 1 nitrogen and oxygen atoms in total. The molecule has 0 saturated heterocycles. The van der Waals surface area contributed by atoms with E-state index in [1.165, 1.54) is 0 Å². The molecule has 0 heterocycles. The van der Waals surface area contributed by atoms with Crippen LogP contribution < -0.4 is 5.32 Å². The van der Waals surface area contributed by atoms with Gasteiger partial charge < -0.3 is 5.32 Å². The summed E-state index contributed by atoms with van der Waals surface area (Å²) < 4.78 is 27.1. The Labute approximate surface area is 95.9 Å². The van der Waals surface area contributed by atoms with E-state index in [1.54, 1.807) is 19.1 Å². The SMILES string of the molecule is CNC(C)CC(C)c1ccc(C)c(F)c1F. The zero-order valence-electron chi connectivity index (χ0n) is 10.3. The zero-order valence-corrected chi connectivity index (χ0v) is 10.3. The molecule has 0 amide bonds. The van der Waals surface area contributed by atoms with Gasteiger partial charge in [0.2, 0.25) is 0 Å². The Balaban J connectivity index is 2.92. The van der Waals surface area contributed by atoms with Gasteiger partial charge in [-0.15, -0.1) is 0 Å². The fourth-order valence-corrected chi connectivity index (χ4v) is 1.82. The summed E-state index contributed by atoms with van der Waals surface area (Å²) in [5.74, 6) is -1.41. The van der Waals surface area contributed by atoms with Gasteiger partial charge in [-0.1, -0.05) is 19.1 Å². The standard InChI is InChI=1S/C13H19F2N/c1-8-5-6-11(13(15)12(8)14)9(2)7-10(3)16-4/h5-6,9-10,16H,7H2,1-4H3. The monoisotopic (exact) mass is 227 g/mol. The van der Waals surface area contributed by atoms with Crippen molar-refractivity contribution < 1.29 is 8.78 Å². The predicted molar refractivity (Wildman–Crippen MR) is 62.6 cm³/mol. The second kappa shape index (κ2) is 5.39. The highest BCUT2D eigenvalue weighted by Crippen LogP contribution is 2.26. The Kier molecular flexibility index (Phi) is 4.42. The maximum Gasteiger partial charge on any atom is 0.162 e. The van der Waals surface area contributed by atoms with Crippen molar-refractivity contribution in [2.75, 3.05) is 7.05 Å². The summed E-state index contributed by atoms with van der Waals surface area (Å²) >= 11 is 0. The van der Waals surface area contributed by atoms with Gasteiger partial charge in [0, 0.05) is 6.04 Å². The average molecular weight is 227 g/mol. The van der Waals surface area contributed by atoms with Crippen LogP contribution in [0.15, 0.2) is 12.1 Å². The van der Waals surface area contributed by atoms with Gasteiger partial charge in [0.25, 0.3) is 0 Å². The summed E-state index contributed by atoms with van der Waals surface area (Å²) in [5, 5.41) is 3.09. The minimum Gasteiger partial charge on any atom is -0.317 e. The first-order chi connectivity index (χ1) is 7.47. The van der Waals surface area contributed by atoms with E-state index in [-0.39, 0.29) is 5.92 Å². The molecular formula is C13H19F2N. The van der Waals surface area contributed by atoms with Crippen LogP contribution in [0.4, 0.5) is 8.78 Å². The normalized spacial score (nSPS) is 14.9. The van der Waals surface area contributed by atoms with Crippen molar-refractivity contribution in [1.82, 2.24) is 5.32 Å². The Bertz CT molecular complexity index is 363. The molecule has 0 fully saturated rings. The molecule has 1 N–H and O–H groups in total. The first kappa shape index (κ1) is 13.1. The zero-order chi connectivity index (χ0) is 12.3. The van der Waals surface area contributed by atoms with Gasteiger partial charge in [-0.05, 0) is 44.4 Å². The van der Waals surface area contributed by atoms with Crippen molar-refractivity contribution in [3.63, 3.8) is 0 Å². The quantitative estimate of drug-likeness (QED) is 0.831. The molecule has 0 spiro atoms. The van der Waals surface area contributed by atoms with Crippen molar-refractivity contribution >= 4 is 0 Å². The summed E-state index contributed by atoms with van der Waals surface area (Å²) in [6.07, 6.45) is 0.788. The molecule has 0 aliphatic heterocycles. The lowest BCUT2D eigenvalue weighted by molar-refractivity contribution is 0.463. The second-order valence-corrected chi connectivity index (χ2v) is 4.43. The third-order valence-electron chi connectivity index (χ3n) is 3.04. The highest BCUT2D eigenvalue weighted by molar-refractivity contribution is 5.27. The molecule has 0 aromatic heterocycles. The van der Waals surface area contributed by atoms with Gasteiger partial charge in [-0.3, -0.25) is 0 Å². The topological polar surface area (TPSA) is 12.0 Å². The highest BCUT2D eigenvalue weighted by Gasteiger charge is 2.17. The van der Waals surface area contributed by atoms with E-state index in [1.807, 2.05) is 20.9 Å². The van der Waals surface area contributed by atoms with E-state index in [2.05, 4.69) is 5.32 Å². The molecule has 0 radical (unpaired) electrons. The van der Waals surface area contributed by atoms with Crippen LogP contribution in [0.1, 0.15) is 37.3 Å². The molecule has 0 bridgehead atoms. The fraction of sp³-hybridized carbons (Fsp3) is 0.538. The molecule has 1 aromatic carbocycles. The molecule has 0 aliphatic carbocycles. The van der Waals surface area contributed by atoms with Crippen LogP contribution in [-0.2, 0) is 0 Å². The minimum atomic E-state index is -0.721. The molecule has 3 heteroatoms. The lowest BCUT2D eigenvalue weighted by Crippen LogP contribution is -2.23. The number of halogens is 2. The van der Waals surface area contributed by atoms with Crippen LogP contribution in [0.25, 0.3) is 0 Å². The maximum atomic E-state index is 13.7. The van der Waals surface area contributed by atoms with Crippen LogP contribution in [0.5, 0.6) is 0 Å². The molecule has 1 rings (SSSR count). The maximum absolute atomic E-state index is 13.7. The van der Waals surface area contributed by atoms with Crippen LogP contribution in [0.2, 0.25) is 0 Å². The third-order valence-corrected chi connectivity index (χ3v) is 3.04. The number of nitrogens with one attached hydrogen (secondary N) is 1. The van der Waals surface area contributed by atoms with Crippen LogP contribution in [0, 0.1) is 18.6 Å². The summed E-state index contributed by atoms with van der Waals surface area (Å²) in [4.78, 5) is 0. The number of benzene rings is 1. The lowest BCUT2D eigenvalue weighted by atomic mass is 9.93. The summed E-state index contributed by atoms with van der Waals surface area (Å²) in [6.45, 7) is 5.52. The van der Waals surface area contributed by atoms with Gasteiger partial charge in [0.15, 0.2) is 11.6 Å². The van der Waals surface area contributed by atoms with E-state index in [4.69, 9.17) is 0 Å².